The Labute approximate surface area is 91.1 Å². The van der Waals surface area contributed by atoms with Crippen molar-refractivity contribution < 1.29 is 14.6 Å². The average molecular weight is 212 g/mol. The Morgan fingerprint density at radius 1 is 1.40 bits per heavy atom. The molecule has 0 unspecified atom stereocenters. The van der Waals surface area contributed by atoms with Crippen LogP contribution in [-0.2, 0) is 9.47 Å². The molecule has 3 heteroatoms. The molecule has 0 radical (unpaired) electrons. The molecule has 2 fully saturated rings. The van der Waals surface area contributed by atoms with Crippen LogP contribution in [0.25, 0.3) is 0 Å². The lowest BCUT2D eigenvalue weighted by molar-refractivity contribution is -0.188. The second-order valence-electron chi connectivity index (χ2n) is 4.56. The highest BCUT2D eigenvalue weighted by atomic mass is 16.7. The molecule has 0 aromatic rings. The van der Waals surface area contributed by atoms with Gasteiger partial charge in [-0.15, -0.1) is 6.58 Å². The van der Waals surface area contributed by atoms with Gasteiger partial charge < -0.3 is 14.6 Å². The summed E-state index contributed by atoms with van der Waals surface area (Å²) in [4.78, 5) is 0. The first-order valence-electron chi connectivity index (χ1n) is 5.86. The highest BCUT2D eigenvalue weighted by Gasteiger charge is 2.42. The van der Waals surface area contributed by atoms with Crippen LogP contribution in [0.3, 0.4) is 0 Å². The summed E-state index contributed by atoms with van der Waals surface area (Å²) in [6.07, 6.45) is 7.40. The second-order valence-corrected chi connectivity index (χ2v) is 4.56. The number of hydrogen-bond acceptors (Lipinski definition) is 3. The van der Waals surface area contributed by atoms with Crippen LogP contribution >= 0.6 is 0 Å². The summed E-state index contributed by atoms with van der Waals surface area (Å²) in [6, 6.07) is 0. The lowest BCUT2D eigenvalue weighted by Crippen LogP contribution is -2.33. The number of ether oxygens (including phenoxy) is 2. The summed E-state index contributed by atoms with van der Waals surface area (Å²) in [5.41, 5.74) is 0. The Morgan fingerprint density at radius 2 is 2.13 bits per heavy atom. The summed E-state index contributed by atoms with van der Waals surface area (Å²) in [7, 11) is 0. The Hall–Kier alpha value is -0.380. The monoisotopic (exact) mass is 212 g/mol. The van der Waals surface area contributed by atoms with Crippen molar-refractivity contribution in [3.8, 4) is 0 Å². The predicted molar refractivity (Wildman–Crippen MR) is 57.5 cm³/mol. The van der Waals surface area contributed by atoms with Crippen molar-refractivity contribution in [1.82, 2.24) is 0 Å². The topological polar surface area (TPSA) is 38.7 Å². The van der Waals surface area contributed by atoms with Crippen LogP contribution in [0.2, 0.25) is 0 Å². The third-order valence-corrected chi connectivity index (χ3v) is 3.31. The molecule has 15 heavy (non-hydrogen) atoms. The lowest BCUT2D eigenvalue weighted by atomic mass is 9.94. The Kier molecular flexibility index (Phi) is 3.44. The van der Waals surface area contributed by atoms with Crippen molar-refractivity contribution in [2.45, 2.75) is 56.5 Å². The van der Waals surface area contributed by atoms with Crippen molar-refractivity contribution in [3.63, 3.8) is 0 Å². The molecule has 1 saturated heterocycles. The largest absolute Gasteiger partial charge is 0.389 e. The van der Waals surface area contributed by atoms with Gasteiger partial charge in [0.05, 0.1) is 18.8 Å². The summed E-state index contributed by atoms with van der Waals surface area (Å²) in [5, 5.41) is 9.45. The van der Waals surface area contributed by atoms with E-state index < -0.39 is 6.10 Å². The van der Waals surface area contributed by atoms with Gasteiger partial charge in [0.15, 0.2) is 5.79 Å². The van der Waals surface area contributed by atoms with Gasteiger partial charge in [0.25, 0.3) is 0 Å². The first-order valence-corrected chi connectivity index (χ1v) is 5.86. The first kappa shape index (κ1) is 11.1. The fourth-order valence-corrected chi connectivity index (χ4v) is 2.45. The molecule has 2 aliphatic rings. The summed E-state index contributed by atoms with van der Waals surface area (Å²) in [5.74, 6) is -0.316. The average Bonchev–Trinajstić information content (AvgIpc) is 2.62. The van der Waals surface area contributed by atoms with E-state index in [0.717, 1.165) is 12.8 Å². The maximum Gasteiger partial charge on any atom is 0.168 e. The normalized spacial score (nSPS) is 31.7. The van der Waals surface area contributed by atoms with E-state index >= 15 is 0 Å². The minimum Gasteiger partial charge on any atom is -0.389 e. The molecule has 2 rings (SSSR count). The van der Waals surface area contributed by atoms with Crippen molar-refractivity contribution >= 4 is 0 Å². The zero-order chi connectivity index (χ0) is 10.7. The minimum atomic E-state index is -0.475. The van der Waals surface area contributed by atoms with Crippen LogP contribution in [0.5, 0.6) is 0 Å². The Morgan fingerprint density at radius 3 is 2.80 bits per heavy atom. The molecule has 2 atom stereocenters. The van der Waals surface area contributed by atoms with Gasteiger partial charge in [0, 0.05) is 19.3 Å². The first-order chi connectivity index (χ1) is 7.24. The number of rotatable bonds is 3. The molecule has 1 N–H and O–H groups in total. The van der Waals surface area contributed by atoms with Gasteiger partial charge >= 0.3 is 0 Å². The molecule has 1 spiro atoms. The molecule has 0 bridgehead atoms. The van der Waals surface area contributed by atoms with Gasteiger partial charge in [-0.05, 0) is 12.8 Å². The molecule has 0 aromatic carbocycles. The van der Waals surface area contributed by atoms with Crippen LogP contribution in [0.15, 0.2) is 12.7 Å². The summed E-state index contributed by atoms with van der Waals surface area (Å²) in [6.45, 7) is 4.18. The zero-order valence-corrected chi connectivity index (χ0v) is 9.15. The zero-order valence-electron chi connectivity index (χ0n) is 9.15. The van der Waals surface area contributed by atoms with E-state index in [1.807, 2.05) is 0 Å². The predicted octanol–water partition coefficient (Wildman–Crippen LogP) is 2.00. The molecule has 3 nitrogen and oxygen atoms in total. The molecule has 0 amide bonds. The molecule has 1 saturated carbocycles. The van der Waals surface area contributed by atoms with Crippen molar-refractivity contribution in [1.29, 1.82) is 0 Å². The van der Waals surface area contributed by atoms with Crippen LogP contribution in [0.1, 0.15) is 38.5 Å². The second kappa shape index (κ2) is 4.64. The van der Waals surface area contributed by atoms with Gasteiger partial charge in [-0.3, -0.25) is 0 Å². The maximum absolute atomic E-state index is 9.45. The van der Waals surface area contributed by atoms with E-state index in [9.17, 15) is 5.11 Å². The number of aliphatic hydroxyl groups excluding tert-OH is 1. The summed E-state index contributed by atoms with van der Waals surface area (Å²) >= 11 is 0. The number of hydrogen-bond donors (Lipinski definition) is 1. The smallest absolute Gasteiger partial charge is 0.168 e. The highest BCUT2D eigenvalue weighted by molar-refractivity contribution is 4.86. The maximum atomic E-state index is 9.45. The van der Waals surface area contributed by atoms with E-state index in [0.29, 0.717) is 13.0 Å². The Balaban J connectivity index is 1.85. The molecular weight excluding hydrogens is 192 g/mol. The van der Waals surface area contributed by atoms with Gasteiger partial charge in [-0.2, -0.15) is 0 Å². The SMILES string of the molecule is C=C[C@@H](O)C[C@H]1COC2(CCCCC2)O1. The van der Waals surface area contributed by atoms with Crippen molar-refractivity contribution in [2.24, 2.45) is 0 Å². The van der Waals surface area contributed by atoms with E-state index in [4.69, 9.17) is 9.47 Å². The van der Waals surface area contributed by atoms with Crippen LogP contribution in [-0.4, -0.2) is 29.7 Å². The third-order valence-electron chi connectivity index (χ3n) is 3.31. The van der Waals surface area contributed by atoms with E-state index in [1.165, 1.54) is 19.3 Å². The quantitative estimate of drug-likeness (QED) is 0.727. The highest BCUT2D eigenvalue weighted by Crippen LogP contribution is 2.38. The van der Waals surface area contributed by atoms with Crippen molar-refractivity contribution in [3.05, 3.63) is 12.7 Å². The minimum absolute atomic E-state index is 0.0381. The van der Waals surface area contributed by atoms with E-state index in [2.05, 4.69) is 6.58 Å². The molecule has 1 heterocycles. The fourth-order valence-electron chi connectivity index (χ4n) is 2.45. The number of aliphatic hydroxyl groups is 1. The van der Waals surface area contributed by atoms with Crippen LogP contribution in [0, 0.1) is 0 Å². The van der Waals surface area contributed by atoms with Gasteiger partial charge in [0.1, 0.15) is 0 Å². The molecular formula is C12H20O3. The van der Waals surface area contributed by atoms with Gasteiger partial charge in [-0.25, -0.2) is 0 Å². The van der Waals surface area contributed by atoms with Crippen LogP contribution in [0.4, 0.5) is 0 Å². The van der Waals surface area contributed by atoms with E-state index in [-0.39, 0.29) is 11.9 Å². The van der Waals surface area contributed by atoms with E-state index in [1.54, 1.807) is 6.08 Å². The molecule has 1 aliphatic heterocycles. The van der Waals surface area contributed by atoms with Gasteiger partial charge in [0.2, 0.25) is 0 Å². The van der Waals surface area contributed by atoms with Crippen LogP contribution < -0.4 is 0 Å². The summed E-state index contributed by atoms with van der Waals surface area (Å²) < 4.78 is 11.7. The standard InChI is InChI=1S/C12H20O3/c1-2-10(13)8-11-9-14-12(15-11)6-4-3-5-7-12/h2,10-11,13H,1,3-9H2/t10-,11+/m1/s1. The molecule has 0 aromatic heterocycles. The third kappa shape index (κ3) is 2.60. The van der Waals surface area contributed by atoms with Gasteiger partial charge in [-0.1, -0.05) is 12.5 Å². The fraction of sp³-hybridized carbons (Fsp3) is 0.833. The lowest BCUT2D eigenvalue weighted by Gasteiger charge is -2.31. The van der Waals surface area contributed by atoms with Crippen molar-refractivity contribution in [2.75, 3.05) is 6.61 Å². The Bertz CT molecular complexity index is 221. The molecule has 86 valence electrons. The molecule has 1 aliphatic carbocycles.